The number of aliphatic hydroxyl groups excluding tert-OH is 2. The van der Waals surface area contributed by atoms with Gasteiger partial charge in [-0.05, 0) is 87.2 Å². The molecule has 4 aliphatic heterocycles. The van der Waals surface area contributed by atoms with Gasteiger partial charge in [0.1, 0.15) is 23.9 Å². The largest absolute Gasteiger partial charge is 0.459 e. The lowest BCUT2D eigenvalue weighted by atomic mass is 9.71. The molecule has 322 valence electrons. The molecule has 4 N–H and O–H groups in total. The van der Waals surface area contributed by atoms with Gasteiger partial charge in [-0.1, -0.05) is 34.6 Å². The fourth-order valence-corrected chi connectivity index (χ4v) is 10.4. The third-order valence-electron chi connectivity index (χ3n) is 13.4. The van der Waals surface area contributed by atoms with Crippen LogP contribution in [0.15, 0.2) is 0 Å². The van der Waals surface area contributed by atoms with Gasteiger partial charge in [0.2, 0.25) is 0 Å². The minimum absolute atomic E-state index is 0.111. The van der Waals surface area contributed by atoms with Crippen LogP contribution in [-0.4, -0.2) is 161 Å². The molecule has 2 bridgehead atoms. The average molecular weight is 789 g/mol. The molecule has 4 fully saturated rings. The molecule has 0 amide bonds. The van der Waals surface area contributed by atoms with Crippen LogP contribution < -0.4 is 0 Å². The lowest BCUT2D eigenvalue weighted by molar-refractivity contribution is -0.319. The Morgan fingerprint density at radius 3 is 2.18 bits per heavy atom. The number of fused-ring (bicyclic) bond motifs is 2. The Bertz CT molecular complexity index is 1240. The quantitative estimate of drug-likeness (QED) is 0.251. The number of ether oxygens (including phenoxy) is 7. The van der Waals surface area contributed by atoms with Gasteiger partial charge in [-0.25, -0.2) is 0 Å². The first kappa shape index (κ1) is 46.7. The number of cyclic esters (lactones) is 1. The summed E-state index contributed by atoms with van der Waals surface area (Å²) in [4.78, 5) is 18.6. The lowest BCUT2D eigenvalue weighted by Crippen LogP contribution is -2.65. The van der Waals surface area contributed by atoms with Crippen molar-refractivity contribution in [1.29, 1.82) is 0 Å². The van der Waals surface area contributed by atoms with Gasteiger partial charge in [0.05, 0.1) is 54.4 Å². The standard InChI is InChI=1S/C41H76N2O12/c1-15-17-43-21-50-36-24(5)31(43)22(3)19-39(9,47)35(55-38-32(44)28(42(12)13)18-23(4)51-38)25(6)33(26(7)37(46)53-29(16-2)41(36,11)48)54-30-20-40(10,49-14)34(45)27(8)52-30/h22-36,38,44-45,47-48H,15-21H2,1-14H3/t22-,23?,24+,25+,26-,27?,28?,29-,30?,31+,32?,33+,34?,35-,36-,38?,39-,40?,41-/m1/s1. The zero-order chi connectivity index (χ0) is 41.4. The number of nitrogens with zero attached hydrogens (tertiary/aromatic N) is 2. The number of methoxy groups -OCH3 is 1. The van der Waals surface area contributed by atoms with Crippen LogP contribution in [0.4, 0.5) is 0 Å². The van der Waals surface area contributed by atoms with Crippen molar-refractivity contribution in [1.82, 2.24) is 9.80 Å². The number of rotatable bonds is 9. The number of hydrogen-bond acceptors (Lipinski definition) is 14. The van der Waals surface area contributed by atoms with E-state index in [2.05, 4.69) is 25.7 Å². The summed E-state index contributed by atoms with van der Waals surface area (Å²) >= 11 is 0. The molecular weight excluding hydrogens is 712 g/mol. The summed E-state index contributed by atoms with van der Waals surface area (Å²) in [6.07, 6.45) is -6.18. The maximum Gasteiger partial charge on any atom is 0.311 e. The summed E-state index contributed by atoms with van der Waals surface area (Å²) in [6, 6.07) is -0.372. The van der Waals surface area contributed by atoms with Gasteiger partial charge in [0.15, 0.2) is 12.6 Å². The number of carbonyl (C=O) groups excluding carboxylic acids is 1. The summed E-state index contributed by atoms with van der Waals surface area (Å²) in [5, 5.41) is 47.8. The molecule has 0 aromatic rings. The summed E-state index contributed by atoms with van der Waals surface area (Å²) < 4.78 is 44.6. The number of likely N-dealkylation sites (N-methyl/N-ethyl adjacent to an activating group) is 1. The van der Waals surface area contributed by atoms with E-state index in [1.807, 2.05) is 39.8 Å². The molecular formula is C41H76N2O12. The Morgan fingerprint density at radius 1 is 0.945 bits per heavy atom. The number of hydrogen-bond donors (Lipinski definition) is 4. The summed E-state index contributed by atoms with van der Waals surface area (Å²) in [7, 11) is 5.34. The third kappa shape index (κ3) is 9.90. The van der Waals surface area contributed by atoms with Crippen molar-refractivity contribution in [3.63, 3.8) is 0 Å². The van der Waals surface area contributed by atoms with Crippen LogP contribution in [0.3, 0.4) is 0 Å². The molecule has 8 unspecified atom stereocenters. The van der Waals surface area contributed by atoms with Crippen LogP contribution in [0.1, 0.15) is 108 Å². The normalized spacial score (nSPS) is 49.7. The Balaban J connectivity index is 1.86. The van der Waals surface area contributed by atoms with E-state index in [1.54, 1.807) is 34.6 Å². The van der Waals surface area contributed by atoms with Crippen molar-refractivity contribution < 1.29 is 58.4 Å². The predicted octanol–water partition coefficient (Wildman–Crippen LogP) is 3.29. The van der Waals surface area contributed by atoms with E-state index in [0.29, 0.717) is 12.8 Å². The molecule has 0 spiro atoms. The van der Waals surface area contributed by atoms with Crippen LogP contribution >= 0.6 is 0 Å². The van der Waals surface area contributed by atoms with E-state index in [-0.39, 0.29) is 49.6 Å². The molecule has 14 nitrogen and oxygen atoms in total. The summed E-state index contributed by atoms with van der Waals surface area (Å²) in [6.45, 7) is 21.7. The van der Waals surface area contributed by atoms with Crippen molar-refractivity contribution in [2.45, 2.75) is 199 Å². The SMILES string of the molecule is CCCN1CO[C@@H]2[C@@H](C)[C@@H]1[C@H](C)C[C@@](C)(O)[C@H](OC1OC(C)CC(N(C)C)C1O)[C@@H](C)[C@H](OC1CC(C)(OC)C(O)C(C)O1)[C@@H](C)C(=O)O[C@H](CC)[C@@]2(C)O. The van der Waals surface area contributed by atoms with Crippen LogP contribution in [0, 0.1) is 23.7 Å². The Kier molecular flexibility index (Phi) is 15.7. The van der Waals surface area contributed by atoms with E-state index < -0.39 is 89.9 Å². The Labute approximate surface area is 330 Å². The smallest absolute Gasteiger partial charge is 0.311 e. The van der Waals surface area contributed by atoms with E-state index in [4.69, 9.17) is 33.2 Å². The molecule has 4 saturated heterocycles. The molecule has 55 heavy (non-hydrogen) atoms. The maximum absolute atomic E-state index is 14.4. The zero-order valence-electron chi connectivity index (χ0n) is 36.1. The Morgan fingerprint density at radius 2 is 1.60 bits per heavy atom. The van der Waals surface area contributed by atoms with Gasteiger partial charge >= 0.3 is 5.97 Å². The van der Waals surface area contributed by atoms with Crippen LogP contribution in [0.2, 0.25) is 0 Å². The molecule has 4 aliphatic rings. The fraction of sp³-hybridized carbons (Fsp3) is 0.976. The van der Waals surface area contributed by atoms with Crippen molar-refractivity contribution in [3.05, 3.63) is 0 Å². The molecule has 14 heteroatoms. The van der Waals surface area contributed by atoms with Gasteiger partial charge < -0.3 is 58.5 Å². The van der Waals surface area contributed by atoms with Crippen LogP contribution in [0.25, 0.3) is 0 Å². The highest BCUT2D eigenvalue weighted by atomic mass is 16.7. The fourth-order valence-electron chi connectivity index (χ4n) is 10.4. The minimum Gasteiger partial charge on any atom is -0.459 e. The van der Waals surface area contributed by atoms with Gasteiger partial charge in [-0.2, -0.15) is 0 Å². The molecule has 0 aromatic carbocycles. The van der Waals surface area contributed by atoms with E-state index in [0.717, 1.165) is 13.0 Å². The van der Waals surface area contributed by atoms with Crippen LogP contribution in [0.5, 0.6) is 0 Å². The molecule has 4 rings (SSSR count). The van der Waals surface area contributed by atoms with Gasteiger partial charge in [-0.15, -0.1) is 0 Å². The summed E-state index contributed by atoms with van der Waals surface area (Å²) in [5.41, 5.74) is -4.09. The third-order valence-corrected chi connectivity index (χ3v) is 13.4. The maximum atomic E-state index is 14.4. The van der Waals surface area contributed by atoms with Gasteiger partial charge in [-0.3, -0.25) is 9.69 Å². The van der Waals surface area contributed by atoms with Crippen molar-refractivity contribution in [3.8, 4) is 0 Å². The zero-order valence-corrected chi connectivity index (χ0v) is 36.1. The van der Waals surface area contributed by atoms with Gasteiger partial charge in [0, 0.05) is 44.0 Å². The number of carbonyl (C=O) groups is 1. The van der Waals surface area contributed by atoms with E-state index >= 15 is 0 Å². The summed E-state index contributed by atoms with van der Waals surface area (Å²) in [5.74, 6) is -2.61. The van der Waals surface area contributed by atoms with Crippen LogP contribution in [-0.2, 0) is 38.0 Å². The Hall–Kier alpha value is -1.01. The highest BCUT2D eigenvalue weighted by Gasteiger charge is 2.55. The monoisotopic (exact) mass is 789 g/mol. The second kappa shape index (κ2) is 18.5. The molecule has 0 aliphatic carbocycles. The van der Waals surface area contributed by atoms with Crippen molar-refractivity contribution >= 4 is 5.97 Å². The number of aliphatic hydroxyl groups is 4. The second-order valence-corrected chi connectivity index (χ2v) is 18.3. The van der Waals surface area contributed by atoms with Gasteiger partial charge in [0.25, 0.3) is 0 Å². The predicted molar refractivity (Wildman–Crippen MR) is 206 cm³/mol. The molecule has 4 heterocycles. The number of esters is 1. The first-order chi connectivity index (χ1) is 25.5. The first-order valence-corrected chi connectivity index (χ1v) is 20.7. The highest BCUT2D eigenvalue weighted by Crippen LogP contribution is 2.43. The first-order valence-electron chi connectivity index (χ1n) is 20.7. The molecule has 19 atom stereocenters. The lowest BCUT2D eigenvalue weighted by Gasteiger charge is -2.53. The minimum atomic E-state index is -1.55. The molecule has 0 saturated carbocycles. The highest BCUT2D eigenvalue weighted by molar-refractivity contribution is 5.73. The van der Waals surface area contributed by atoms with E-state index in [1.165, 1.54) is 7.11 Å². The van der Waals surface area contributed by atoms with Crippen molar-refractivity contribution in [2.24, 2.45) is 23.7 Å². The second-order valence-electron chi connectivity index (χ2n) is 18.3. The van der Waals surface area contributed by atoms with E-state index in [9.17, 15) is 25.2 Å². The molecule has 0 radical (unpaired) electrons. The van der Waals surface area contributed by atoms with Crippen molar-refractivity contribution in [2.75, 3.05) is 34.5 Å². The topological polar surface area (TPSA) is 169 Å². The average Bonchev–Trinajstić information content (AvgIpc) is 3.10. The molecule has 0 aromatic heterocycles.